The minimum atomic E-state index is -0.281. The Hall–Kier alpha value is -2.41. The van der Waals surface area contributed by atoms with Gasteiger partial charge in [-0.15, -0.1) is 0 Å². The van der Waals surface area contributed by atoms with Crippen LogP contribution in [0.3, 0.4) is 0 Å². The molecule has 1 aliphatic carbocycles. The highest BCUT2D eigenvalue weighted by molar-refractivity contribution is 5.99. The van der Waals surface area contributed by atoms with Crippen LogP contribution >= 0.6 is 0 Å². The Morgan fingerprint density at radius 2 is 1.79 bits per heavy atom. The topological polar surface area (TPSA) is 55.9 Å². The summed E-state index contributed by atoms with van der Waals surface area (Å²) in [5.41, 5.74) is 2.04. The lowest BCUT2D eigenvalue weighted by Gasteiger charge is -2.39. The average Bonchev–Trinajstić information content (AvgIpc) is 3.13. The summed E-state index contributed by atoms with van der Waals surface area (Å²) in [6.45, 7) is 11.2. The zero-order chi connectivity index (χ0) is 23.1. The summed E-state index contributed by atoms with van der Waals surface area (Å²) in [7, 11) is 0. The van der Waals surface area contributed by atoms with E-state index < -0.39 is 0 Å². The average molecular weight is 455 g/mol. The van der Waals surface area contributed by atoms with Crippen molar-refractivity contribution >= 4 is 17.5 Å². The van der Waals surface area contributed by atoms with Gasteiger partial charge in [-0.05, 0) is 43.2 Å². The lowest BCUT2D eigenvalue weighted by atomic mass is 9.83. The van der Waals surface area contributed by atoms with E-state index >= 15 is 4.39 Å². The molecule has 0 radical (unpaired) electrons. The molecular weight excluding hydrogens is 419 g/mol. The Morgan fingerprint density at radius 3 is 2.48 bits per heavy atom. The number of hydrogen-bond donors (Lipinski definition) is 1. The normalized spacial score (nSPS) is 28.8. The van der Waals surface area contributed by atoms with E-state index in [1.807, 2.05) is 0 Å². The van der Waals surface area contributed by atoms with E-state index in [0.717, 1.165) is 38.0 Å². The molecule has 3 fully saturated rings. The molecule has 1 aromatic rings. The first-order valence-corrected chi connectivity index (χ1v) is 12.5. The van der Waals surface area contributed by atoms with Gasteiger partial charge in [0.1, 0.15) is 0 Å². The smallest absolute Gasteiger partial charge is 0.255 e. The second-order valence-electron chi connectivity index (χ2n) is 10.4. The molecule has 4 aliphatic rings. The molecule has 1 saturated carbocycles. The molecule has 1 unspecified atom stereocenters. The number of amides is 2. The Labute approximate surface area is 195 Å². The Bertz CT molecular complexity index is 948. The van der Waals surface area contributed by atoms with E-state index in [2.05, 4.69) is 28.6 Å². The zero-order valence-corrected chi connectivity index (χ0v) is 19.6. The maximum atomic E-state index is 15.6. The highest BCUT2D eigenvalue weighted by atomic mass is 19.1. The van der Waals surface area contributed by atoms with Gasteiger partial charge in [0.25, 0.3) is 5.91 Å². The van der Waals surface area contributed by atoms with Crippen LogP contribution < -0.4 is 10.2 Å². The molecule has 1 N–H and O–H groups in total. The number of carbonyl (C=O) groups is 2. The predicted octanol–water partition coefficient (Wildman–Crippen LogP) is 3.52. The van der Waals surface area contributed by atoms with Crippen LogP contribution in [0.5, 0.6) is 0 Å². The third kappa shape index (κ3) is 4.39. The van der Waals surface area contributed by atoms with Gasteiger partial charge >= 0.3 is 0 Å². The number of nitrogens with zero attached hydrogens (tertiary/aromatic N) is 3. The first-order valence-electron chi connectivity index (χ1n) is 12.5. The summed E-state index contributed by atoms with van der Waals surface area (Å²) in [5, 5.41) is 2.73. The second-order valence-corrected chi connectivity index (χ2v) is 10.4. The predicted molar refractivity (Wildman–Crippen MR) is 126 cm³/mol. The lowest BCUT2D eigenvalue weighted by molar-refractivity contribution is -0.121. The number of nitrogens with one attached hydrogen (secondary N) is 1. The fraction of sp³-hybridized carbons (Fsp3) is 0.615. The summed E-state index contributed by atoms with van der Waals surface area (Å²) in [6, 6.07) is 3.26. The van der Waals surface area contributed by atoms with Gasteiger partial charge in [-0.1, -0.05) is 26.3 Å². The summed E-state index contributed by atoms with van der Waals surface area (Å²) < 4.78 is 15.6. The first kappa shape index (κ1) is 22.4. The van der Waals surface area contributed by atoms with Gasteiger partial charge in [0.2, 0.25) is 5.91 Å². The van der Waals surface area contributed by atoms with Crippen molar-refractivity contribution < 1.29 is 14.0 Å². The van der Waals surface area contributed by atoms with Gasteiger partial charge in [-0.2, -0.15) is 0 Å². The van der Waals surface area contributed by atoms with Gasteiger partial charge < -0.3 is 15.1 Å². The van der Waals surface area contributed by atoms with Crippen LogP contribution in [0.25, 0.3) is 0 Å². The van der Waals surface area contributed by atoms with Crippen LogP contribution in [-0.4, -0.2) is 60.4 Å². The van der Waals surface area contributed by atoms with Crippen LogP contribution in [0.1, 0.15) is 61.4 Å². The number of fused-ring (bicyclic) bond motifs is 1. The van der Waals surface area contributed by atoms with Gasteiger partial charge in [0, 0.05) is 56.0 Å². The van der Waals surface area contributed by atoms with Crippen molar-refractivity contribution in [3.05, 3.63) is 41.4 Å². The number of rotatable bonds is 4. The maximum absolute atomic E-state index is 15.6. The molecule has 3 aliphatic heterocycles. The third-order valence-corrected chi connectivity index (χ3v) is 8.13. The third-order valence-electron chi connectivity index (χ3n) is 8.13. The van der Waals surface area contributed by atoms with Crippen LogP contribution in [0.15, 0.2) is 24.4 Å². The number of halogens is 1. The summed E-state index contributed by atoms with van der Waals surface area (Å²) in [6.07, 6.45) is 6.25. The Morgan fingerprint density at radius 1 is 1.06 bits per heavy atom. The summed E-state index contributed by atoms with van der Waals surface area (Å²) >= 11 is 0. The van der Waals surface area contributed by atoms with Crippen LogP contribution in [0, 0.1) is 17.7 Å². The molecule has 33 heavy (non-hydrogen) atoms. The van der Waals surface area contributed by atoms with Crippen molar-refractivity contribution in [2.45, 2.75) is 58.0 Å². The molecular formula is C26H35FN4O2. The quantitative estimate of drug-likeness (QED) is 0.756. The molecule has 7 heteroatoms. The number of piperazine rings is 1. The number of anilines is 1. The SMILES string of the molecule is C=C1NC(=O)CCC1N1Cc2c(ccc(N3CCN(CC4CCC(C)CC4)CC3)c2F)C1=O. The molecule has 0 bridgehead atoms. The minimum Gasteiger partial charge on any atom is -0.367 e. The summed E-state index contributed by atoms with van der Waals surface area (Å²) in [4.78, 5) is 30.9. The van der Waals surface area contributed by atoms with Gasteiger partial charge in [0.15, 0.2) is 5.82 Å². The molecule has 2 saturated heterocycles. The molecule has 2 amide bonds. The van der Waals surface area contributed by atoms with E-state index in [1.54, 1.807) is 17.0 Å². The van der Waals surface area contributed by atoms with Gasteiger partial charge in [-0.25, -0.2) is 4.39 Å². The molecule has 178 valence electrons. The lowest BCUT2D eigenvalue weighted by Crippen LogP contribution is -2.48. The van der Waals surface area contributed by atoms with E-state index in [1.165, 1.54) is 32.2 Å². The van der Waals surface area contributed by atoms with Crippen LogP contribution in [0.2, 0.25) is 0 Å². The van der Waals surface area contributed by atoms with Crippen molar-refractivity contribution in [3.63, 3.8) is 0 Å². The van der Waals surface area contributed by atoms with Gasteiger partial charge in [-0.3, -0.25) is 14.5 Å². The first-order chi connectivity index (χ1) is 15.9. The highest BCUT2D eigenvalue weighted by Crippen LogP contribution is 2.35. The van der Waals surface area contributed by atoms with Crippen molar-refractivity contribution in [1.29, 1.82) is 0 Å². The van der Waals surface area contributed by atoms with Crippen molar-refractivity contribution in [2.24, 2.45) is 11.8 Å². The molecule has 0 spiro atoms. The number of piperidine rings is 1. The van der Waals surface area contributed by atoms with E-state index in [4.69, 9.17) is 0 Å². The molecule has 3 heterocycles. The van der Waals surface area contributed by atoms with Crippen LogP contribution in [0.4, 0.5) is 10.1 Å². The van der Waals surface area contributed by atoms with Crippen molar-refractivity contribution in [1.82, 2.24) is 15.1 Å². The number of carbonyl (C=O) groups excluding carboxylic acids is 2. The highest BCUT2D eigenvalue weighted by Gasteiger charge is 2.38. The fourth-order valence-electron chi connectivity index (χ4n) is 6.02. The van der Waals surface area contributed by atoms with E-state index in [0.29, 0.717) is 35.4 Å². The van der Waals surface area contributed by atoms with Crippen molar-refractivity contribution in [2.75, 3.05) is 37.6 Å². The molecule has 5 rings (SSSR count). The molecule has 6 nitrogen and oxygen atoms in total. The second kappa shape index (κ2) is 9.09. The Kier molecular flexibility index (Phi) is 6.16. The largest absolute Gasteiger partial charge is 0.367 e. The Balaban J connectivity index is 1.23. The van der Waals surface area contributed by atoms with E-state index in [9.17, 15) is 9.59 Å². The van der Waals surface area contributed by atoms with E-state index in [-0.39, 0.29) is 30.2 Å². The minimum absolute atomic E-state index is 0.0777. The summed E-state index contributed by atoms with van der Waals surface area (Å²) in [5.74, 6) is 1.15. The zero-order valence-electron chi connectivity index (χ0n) is 19.6. The molecule has 1 aromatic carbocycles. The standard InChI is InChI=1S/C26H35FN4O2/c1-17-3-5-19(6-4-17)15-29-11-13-30(14-12-29)23-8-7-20-21(25(23)27)16-31(26(20)33)22-9-10-24(32)28-18(22)2/h7-8,17,19,22H,2-6,9-16H2,1H3,(H,28,32). The maximum Gasteiger partial charge on any atom is 0.255 e. The fourth-order valence-corrected chi connectivity index (χ4v) is 6.02. The van der Waals surface area contributed by atoms with Crippen molar-refractivity contribution in [3.8, 4) is 0 Å². The van der Waals surface area contributed by atoms with Crippen LogP contribution in [-0.2, 0) is 11.3 Å². The number of benzene rings is 1. The number of hydrogen-bond acceptors (Lipinski definition) is 4. The monoisotopic (exact) mass is 454 g/mol. The van der Waals surface area contributed by atoms with Gasteiger partial charge in [0.05, 0.1) is 18.3 Å². The molecule has 0 aromatic heterocycles. The molecule has 1 atom stereocenters.